The highest BCUT2D eigenvalue weighted by Crippen LogP contribution is 2.10. The molecule has 0 saturated heterocycles. The lowest BCUT2D eigenvalue weighted by Crippen LogP contribution is -2.17. The Kier molecular flexibility index (Phi) is 15.0. The van der Waals surface area contributed by atoms with Crippen LogP contribution in [0.2, 0.25) is 0 Å². The molecule has 0 saturated carbocycles. The Morgan fingerprint density at radius 3 is 1.67 bits per heavy atom. The van der Waals surface area contributed by atoms with Crippen LogP contribution < -0.4 is 5.32 Å². The topological polar surface area (TPSA) is 12.0 Å². The van der Waals surface area contributed by atoms with Crippen molar-refractivity contribution in [2.45, 2.75) is 91.4 Å². The number of hydrogen-bond donors (Lipinski definition) is 1. The molecule has 0 aromatic carbocycles. The van der Waals surface area contributed by atoms with Gasteiger partial charge in [0, 0.05) is 0 Å². The summed E-state index contributed by atoms with van der Waals surface area (Å²) < 4.78 is 0. The Hall–Kier alpha value is -0.0400. The van der Waals surface area contributed by atoms with Crippen molar-refractivity contribution in [1.29, 1.82) is 0 Å². The third-order valence-corrected chi connectivity index (χ3v) is 3.61. The molecule has 0 atom stereocenters. The molecule has 0 aromatic rings. The predicted molar refractivity (Wildman–Crippen MR) is 84.2 cm³/mol. The zero-order valence-corrected chi connectivity index (χ0v) is 13.3. The van der Waals surface area contributed by atoms with Crippen LogP contribution in [0.3, 0.4) is 0 Å². The van der Waals surface area contributed by atoms with Gasteiger partial charge in [-0.15, -0.1) is 0 Å². The Balaban J connectivity index is 2.90. The van der Waals surface area contributed by atoms with E-state index in [-0.39, 0.29) is 0 Å². The molecule has 1 heteroatoms. The summed E-state index contributed by atoms with van der Waals surface area (Å²) in [5.74, 6) is 0.838. The SMILES string of the molecule is CCCCCCCCCCCCNCCC(C)C. The van der Waals surface area contributed by atoms with E-state index in [0.717, 1.165) is 5.92 Å². The minimum atomic E-state index is 0.838. The fraction of sp³-hybridized carbons (Fsp3) is 1.00. The van der Waals surface area contributed by atoms with Crippen LogP contribution in [0.15, 0.2) is 0 Å². The summed E-state index contributed by atoms with van der Waals surface area (Å²) in [5, 5.41) is 3.54. The number of nitrogens with one attached hydrogen (secondary N) is 1. The molecular weight excluding hydrogens is 218 g/mol. The van der Waals surface area contributed by atoms with Crippen molar-refractivity contribution < 1.29 is 0 Å². The van der Waals surface area contributed by atoms with Gasteiger partial charge in [0.2, 0.25) is 0 Å². The molecule has 0 amide bonds. The normalized spacial score (nSPS) is 11.3. The molecule has 1 nitrogen and oxygen atoms in total. The van der Waals surface area contributed by atoms with Crippen LogP contribution in [-0.2, 0) is 0 Å². The van der Waals surface area contributed by atoms with Crippen LogP contribution >= 0.6 is 0 Å². The maximum absolute atomic E-state index is 3.54. The summed E-state index contributed by atoms with van der Waals surface area (Å²) in [6, 6.07) is 0. The third kappa shape index (κ3) is 16.0. The second kappa shape index (κ2) is 15.0. The maximum Gasteiger partial charge on any atom is -0.00465 e. The van der Waals surface area contributed by atoms with Gasteiger partial charge >= 0.3 is 0 Å². The van der Waals surface area contributed by atoms with Crippen molar-refractivity contribution in [2.75, 3.05) is 13.1 Å². The van der Waals surface area contributed by atoms with Crippen LogP contribution in [0.1, 0.15) is 91.4 Å². The first-order chi connectivity index (χ1) is 8.77. The first-order valence-corrected chi connectivity index (χ1v) is 8.48. The lowest BCUT2D eigenvalue weighted by Gasteiger charge is -2.06. The summed E-state index contributed by atoms with van der Waals surface area (Å²) in [6.45, 7) is 9.30. The zero-order chi connectivity index (χ0) is 13.5. The zero-order valence-electron chi connectivity index (χ0n) is 13.3. The number of rotatable bonds is 14. The second-order valence-electron chi connectivity index (χ2n) is 6.11. The van der Waals surface area contributed by atoms with Crippen molar-refractivity contribution in [1.82, 2.24) is 5.32 Å². The minimum Gasteiger partial charge on any atom is -0.317 e. The van der Waals surface area contributed by atoms with Gasteiger partial charge in [-0.25, -0.2) is 0 Å². The highest BCUT2D eigenvalue weighted by molar-refractivity contribution is 4.52. The summed E-state index contributed by atoms with van der Waals surface area (Å²) in [5.41, 5.74) is 0. The monoisotopic (exact) mass is 255 g/mol. The molecule has 0 radical (unpaired) electrons. The van der Waals surface area contributed by atoms with E-state index in [9.17, 15) is 0 Å². The van der Waals surface area contributed by atoms with Crippen molar-refractivity contribution in [2.24, 2.45) is 5.92 Å². The molecule has 110 valence electrons. The molecule has 0 aliphatic heterocycles. The minimum absolute atomic E-state index is 0.838. The van der Waals surface area contributed by atoms with Crippen LogP contribution in [0.4, 0.5) is 0 Å². The van der Waals surface area contributed by atoms with Crippen LogP contribution in [0, 0.1) is 5.92 Å². The summed E-state index contributed by atoms with van der Waals surface area (Å²) in [4.78, 5) is 0. The van der Waals surface area contributed by atoms with Gasteiger partial charge in [-0.05, 0) is 31.8 Å². The van der Waals surface area contributed by atoms with Crippen LogP contribution in [0.5, 0.6) is 0 Å². The van der Waals surface area contributed by atoms with E-state index in [2.05, 4.69) is 26.1 Å². The number of hydrogen-bond acceptors (Lipinski definition) is 1. The van der Waals surface area contributed by atoms with E-state index >= 15 is 0 Å². The molecule has 0 bridgehead atoms. The second-order valence-corrected chi connectivity index (χ2v) is 6.11. The average Bonchev–Trinajstić information content (AvgIpc) is 2.34. The summed E-state index contributed by atoms with van der Waals surface area (Å²) in [7, 11) is 0. The Bertz CT molecular complexity index is 143. The van der Waals surface area contributed by atoms with Gasteiger partial charge in [0.1, 0.15) is 0 Å². The fourth-order valence-electron chi connectivity index (χ4n) is 2.25. The molecule has 18 heavy (non-hydrogen) atoms. The average molecular weight is 255 g/mol. The molecule has 0 fully saturated rings. The quantitative estimate of drug-likeness (QED) is 0.402. The smallest absolute Gasteiger partial charge is 0.00465 e. The van der Waals surface area contributed by atoms with E-state index in [1.165, 1.54) is 83.7 Å². The van der Waals surface area contributed by atoms with Gasteiger partial charge in [0.25, 0.3) is 0 Å². The standard InChI is InChI=1S/C17H37N/c1-4-5-6-7-8-9-10-11-12-13-15-18-16-14-17(2)3/h17-18H,4-16H2,1-3H3. The maximum atomic E-state index is 3.54. The predicted octanol–water partition coefficient (Wildman–Crippen LogP) is 5.54. The van der Waals surface area contributed by atoms with Crippen molar-refractivity contribution in [3.05, 3.63) is 0 Å². The lowest BCUT2D eigenvalue weighted by atomic mass is 10.1. The molecule has 0 unspecified atom stereocenters. The van der Waals surface area contributed by atoms with Crippen molar-refractivity contribution in [3.8, 4) is 0 Å². The molecule has 1 N–H and O–H groups in total. The Morgan fingerprint density at radius 1 is 0.667 bits per heavy atom. The largest absolute Gasteiger partial charge is 0.317 e. The highest BCUT2D eigenvalue weighted by Gasteiger charge is 1.94. The van der Waals surface area contributed by atoms with Gasteiger partial charge in [0.05, 0.1) is 0 Å². The third-order valence-electron chi connectivity index (χ3n) is 3.61. The van der Waals surface area contributed by atoms with Crippen molar-refractivity contribution >= 4 is 0 Å². The van der Waals surface area contributed by atoms with Gasteiger partial charge < -0.3 is 5.32 Å². The highest BCUT2D eigenvalue weighted by atomic mass is 14.8. The fourth-order valence-corrected chi connectivity index (χ4v) is 2.25. The van der Waals surface area contributed by atoms with Gasteiger partial charge in [-0.1, -0.05) is 78.6 Å². The van der Waals surface area contributed by atoms with E-state index in [4.69, 9.17) is 0 Å². The van der Waals surface area contributed by atoms with E-state index in [1.807, 2.05) is 0 Å². The van der Waals surface area contributed by atoms with Crippen LogP contribution in [-0.4, -0.2) is 13.1 Å². The first-order valence-electron chi connectivity index (χ1n) is 8.48. The molecule has 0 aromatic heterocycles. The van der Waals surface area contributed by atoms with Gasteiger partial charge in [-0.2, -0.15) is 0 Å². The van der Waals surface area contributed by atoms with Gasteiger partial charge in [0.15, 0.2) is 0 Å². The molecular formula is C17H37N. The Labute approximate surface area is 116 Å². The van der Waals surface area contributed by atoms with Crippen molar-refractivity contribution in [3.63, 3.8) is 0 Å². The molecule has 0 heterocycles. The Morgan fingerprint density at radius 2 is 1.17 bits per heavy atom. The lowest BCUT2D eigenvalue weighted by molar-refractivity contribution is 0.513. The summed E-state index contributed by atoms with van der Waals surface area (Å²) in [6.07, 6.45) is 15.6. The molecule has 0 aliphatic rings. The molecule has 0 aliphatic carbocycles. The molecule has 0 spiro atoms. The van der Waals surface area contributed by atoms with Gasteiger partial charge in [-0.3, -0.25) is 0 Å². The van der Waals surface area contributed by atoms with Crippen LogP contribution in [0.25, 0.3) is 0 Å². The first kappa shape index (κ1) is 18.0. The van der Waals surface area contributed by atoms with E-state index < -0.39 is 0 Å². The number of unbranched alkanes of at least 4 members (excludes halogenated alkanes) is 9. The molecule has 0 rings (SSSR count). The summed E-state index contributed by atoms with van der Waals surface area (Å²) >= 11 is 0. The van der Waals surface area contributed by atoms with E-state index in [0.29, 0.717) is 0 Å². The van der Waals surface area contributed by atoms with E-state index in [1.54, 1.807) is 0 Å².